The molecule has 5 rings (SSSR count). The molecule has 0 radical (unpaired) electrons. The molecule has 0 bridgehead atoms. The minimum absolute atomic E-state index is 0.132. The SMILES string of the molecule is Cc1ncccc1C1(O)CCN(C(=O)c2ccc(CS(=O)(=O)c3cccc4cccnc34)cc2)CC1. The lowest BCUT2D eigenvalue weighted by atomic mass is 9.83. The highest BCUT2D eigenvalue weighted by atomic mass is 32.2. The van der Waals surface area contributed by atoms with Crippen LogP contribution < -0.4 is 0 Å². The Kier molecular flexibility index (Phi) is 6.32. The van der Waals surface area contributed by atoms with Gasteiger partial charge in [0.25, 0.3) is 5.91 Å². The van der Waals surface area contributed by atoms with Crippen LogP contribution in [0.15, 0.2) is 84.0 Å². The van der Waals surface area contributed by atoms with Gasteiger partial charge in [-0.25, -0.2) is 8.42 Å². The number of benzene rings is 2. The third kappa shape index (κ3) is 4.62. The summed E-state index contributed by atoms with van der Waals surface area (Å²) in [7, 11) is -3.63. The predicted molar refractivity (Wildman–Crippen MR) is 137 cm³/mol. The Labute approximate surface area is 210 Å². The second-order valence-corrected chi connectivity index (χ2v) is 11.2. The van der Waals surface area contributed by atoms with E-state index >= 15 is 0 Å². The Balaban J connectivity index is 1.27. The number of para-hydroxylation sites is 1. The quantitative estimate of drug-likeness (QED) is 0.443. The number of aryl methyl sites for hydroxylation is 1. The summed E-state index contributed by atoms with van der Waals surface area (Å²) in [5.41, 5.74) is 2.15. The van der Waals surface area contributed by atoms with Crippen molar-refractivity contribution in [1.82, 2.24) is 14.9 Å². The van der Waals surface area contributed by atoms with Crippen LogP contribution >= 0.6 is 0 Å². The first-order valence-electron chi connectivity index (χ1n) is 11.9. The number of sulfone groups is 1. The third-order valence-corrected chi connectivity index (χ3v) is 8.59. The Morgan fingerprint density at radius 1 is 0.944 bits per heavy atom. The van der Waals surface area contributed by atoms with Crippen LogP contribution in [-0.2, 0) is 21.2 Å². The predicted octanol–water partition coefficient (Wildman–Crippen LogP) is 4.04. The van der Waals surface area contributed by atoms with Gasteiger partial charge in [0.05, 0.1) is 21.8 Å². The highest BCUT2D eigenvalue weighted by Gasteiger charge is 2.36. The molecule has 4 aromatic rings. The normalized spacial score (nSPS) is 15.7. The highest BCUT2D eigenvalue weighted by Crippen LogP contribution is 2.34. The second-order valence-electron chi connectivity index (χ2n) is 9.25. The van der Waals surface area contributed by atoms with E-state index in [1.807, 2.05) is 31.2 Å². The maximum absolute atomic E-state index is 13.1. The molecule has 0 saturated carbocycles. The first-order chi connectivity index (χ1) is 17.3. The van der Waals surface area contributed by atoms with Gasteiger partial charge in [-0.1, -0.05) is 36.4 Å². The zero-order chi connectivity index (χ0) is 25.3. The molecule has 1 saturated heterocycles. The van der Waals surface area contributed by atoms with Crippen molar-refractivity contribution >= 4 is 26.6 Å². The van der Waals surface area contributed by atoms with Crippen LogP contribution in [0.25, 0.3) is 10.9 Å². The van der Waals surface area contributed by atoms with E-state index in [9.17, 15) is 18.3 Å². The Bertz CT molecular complexity index is 1520. The van der Waals surface area contributed by atoms with E-state index < -0.39 is 15.4 Å². The van der Waals surface area contributed by atoms with Gasteiger partial charge in [0.15, 0.2) is 9.84 Å². The van der Waals surface area contributed by atoms with E-state index in [0.29, 0.717) is 42.6 Å². The zero-order valence-corrected chi connectivity index (χ0v) is 20.8. The Morgan fingerprint density at radius 3 is 2.33 bits per heavy atom. The van der Waals surface area contributed by atoms with Crippen molar-refractivity contribution in [3.8, 4) is 0 Å². The van der Waals surface area contributed by atoms with Gasteiger partial charge >= 0.3 is 0 Å². The molecule has 184 valence electrons. The van der Waals surface area contributed by atoms with Crippen molar-refractivity contribution in [2.24, 2.45) is 0 Å². The Hall–Kier alpha value is -3.62. The number of hydrogen-bond donors (Lipinski definition) is 1. The summed E-state index contributed by atoms with van der Waals surface area (Å²) in [5, 5.41) is 11.9. The Morgan fingerprint density at radius 2 is 1.61 bits per heavy atom. The third-order valence-electron chi connectivity index (χ3n) is 6.87. The molecule has 0 aliphatic carbocycles. The minimum Gasteiger partial charge on any atom is -0.385 e. The summed E-state index contributed by atoms with van der Waals surface area (Å²) in [4.78, 5) is 23.6. The highest BCUT2D eigenvalue weighted by molar-refractivity contribution is 7.90. The fraction of sp³-hybridized carbons (Fsp3) is 0.250. The second kappa shape index (κ2) is 9.44. The average Bonchev–Trinajstić information content (AvgIpc) is 2.89. The molecule has 3 heterocycles. The van der Waals surface area contributed by atoms with E-state index in [1.54, 1.807) is 59.8 Å². The number of amides is 1. The van der Waals surface area contributed by atoms with Crippen LogP contribution in [0, 0.1) is 6.92 Å². The number of carbonyl (C=O) groups is 1. The van der Waals surface area contributed by atoms with Crippen LogP contribution in [0.2, 0.25) is 0 Å². The van der Waals surface area contributed by atoms with E-state index in [2.05, 4.69) is 9.97 Å². The van der Waals surface area contributed by atoms with Gasteiger partial charge in [-0.15, -0.1) is 0 Å². The molecular formula is C28H27N3O4S. The van der Waals surface area contributed by atoms with Crippen molar-refractivity contribution in [2.45, 2.75) is 36.0 Å². The largest absolute Gasteiger partial charge is 0.385 e. The first kappa shape index (κ1) is 24.1. The molecule has 0 spiro atoms. The van der Waals surface area contributed by atoms with Crippen LogP contribution in [-0.4, -0.2) is 47.4 Å². The zero-order valence-electron chi connectivity index (χ0n) is 20.0. The molecule has 36 heavy (non-hydrogen) atoms. The van der Waals surface area contributed by atoms with E-state index in [1.165, 1.54) is 0 Å². The van der Waals surface area contributed by atoms with Crippen molar-refractivity contribution in [2.75, 3.05) is 13.1 Å². The number of nitrogens with zero attached hydrogens (tertiary/aromatic N) is 3. The number of hydrogen-bond acceptors (Lipinski definition) is 6. The molecule has 1 aliphatic heterocycles. The van der Waals surface area contributed by atoms with E-state index in [0.717, 1.165) is 16.6 Å². The van der Waals surface area contributed by atoms with Gasteiger partial charge in [-0.2, -0.15) is 0 Å². The number of pyridine rings is 2. The van der Waals surface area contributed by atoms with E-state index in [-0.39, 0.29) is 16.6 Å². The van der Waals surface area contributed by atoms with Gasteiger partial charge in [0.1, 0.15) is 0 Å². The number of rotatable bonds is 5. The summed E-state index contributed by atoms with van der Waals surface area (Å²) in [6.45, 7) is 2.73. The van der Waals surface area contributed by atoms with Crippen LogP contribution in [0.1, 0.15) is 40.0 Å². The van der Waals surface area contributed by atoms with Gasteiger partial charge in [-0.05, 0) is 55.7 Å². The average molecular weight is 502 g/mol. The number of piperidine rings is 1. The van der Waals surface area contributed by atoms with Crippen LogP contribution in [0.5, 0.6) is 0 Å². The topological polar surface area (TPSA) is 100 Å². The van der Waals surface area contributed by atoms with Crippen molar-refractivity contribution in [3.05, 3.63) is 102 Å². The number of aliphatic hydroxyl groups is 1. The summed E-state index contributed by atoms with van der Waals surface area (Å²) in [5.74, 6) is -0.314. The molecular weight excluding hydrogens is 474 g/mol. The molecule has 2 aromatic heterocycles. The molecule has 8 heteroatoms. The summed E-state index contributed by atoms with van der Waals surface area (Å²) >= 11 is 0. The smallest absolute Gasteiger partial charge is 0.253 e. The lowest BCUT2D eigenvalue weighted by molar-refractivity contribution is -0.0218. The summed E-state index contributed by atoms with van der Waals surface area (Å²) in [6.07, 6.45) is 4.15. The lowest BCUT2D eigenvalue weighted by Crippen LogP contribution is -2.45. The van der Waals surface area contributed by atoms with Gasteiger partial charge in [-0.3, -0.25) is 14.8 Å². The molecule has 7 nitrogen and oxygen atoms in total. The minimum atomic E-state index is -3.63. The van der Waals surface area contributed by atoms with Crippen molar-refractivity contribution in [1.29, 1.82) is 0 Å². The number of likely N-dealkylation sites (tertiary alicyclic amines) is 1. The number of aromatic nitrogens is 2. The molecule has 1 amide bonds. The summed E-state index contributed by atoms with van der Waals surface area (Å²) < 4.78 is 26.3. The first-order valence-corrected chi connectivity index (χ1v) is 13.5. The summed E-state index contributed by atoms with van der Waals surface area (Å²) in [6, 6.07) is 19.1. The molecule has 2 aromatic carbocycles. The number of carbonyl (C=O) groups excluding carboxylic acids is 1. The maximum Gasteiger partial charge on any atom is 0.253 e. The fourth-order valence-corrected chi connectivity index (χ4v) is 6.41. The van der Waals surface area contributed by atoms with Gasteiger partial charge in [0.2, 0.25) is 0 Å². The van der Waals surface area contributed by atoms with Crippen molar-refractivity contribution in [3.63, 3.8) is 0 Å². The molecule has 1 N–H and O–H groups in total. The van der Waals surface area contributed by atoms with Gasteiger partial charge in [0, 0.05) is 47.7 Å². The van der Waals surface area contributed by atoms with Gasteiger partial charge < -0.3 is 10.0 Å². The van der Waals surface area contributed by atoms with Crippen molar-refractivity contribution < 1.29 is 18.3 Å². The molecule has 1 fully saturated rings. The molecule has 0 unspecified atom stereocenters. The number of fused-ring (bicyclic) bond motifs is 1. The van der Waals surface area contributed by atoms with E-state index in [4.69, 9.17) is 0 Å². The monoisotopic (exact) mass is 501 g/mol. The standard InChI is InChI=1S/C28H27N3O4S/c1-20-24(7-4-15-29-20)28(33)13-17-31(18-14-28)27(32)23-11-9-21(10-12-23)19-36(34,35)25-8-2-5-22-6-3-16-30-26(22)25/h2-12,15-16,33H,13-14,17-19H2,1H3. The molecule has 1 aliphatic rings. The molecule has 0 atom stereocenters. The van der Waals surface area contributed by atoms with Crippen LogP contribution in [0.3, 0.4) is 0 Å². The van der Waals surface area contributed by atoms with Crippen LogP contribution in [0.4, 0.5) is 0 Å². The maximum atomic E-state index is 13.1. The fourth-order valence-electron chi connectivity index (χ4n) is 4.88. The lowest BCUT2D eigenvalue weighted by Gasteiger charge is -2.39.